The molecule has 0 spiro atoms. The van der Waals surface area contributed by atoms with Crippen LogP contribution in [-0.2, 0) is 9.53 Å². The van der Waals surface area contributed by atoms with E-state index in [2.05, 4.69) is 0 Å². The SMILES string of the molecule is CC1(Oc2ccc(C(=O)OC(C3CCCCC3)C(F)(F)C(=O)O)cc2)CCCC1. The molecule has 0 aliphatic heterocycles. The molecular weight excluding hydrogens is 382 g/mol. The van der Waals surface area contributed by atoms with Gasteiger partial charge in [0.05, 0.1) is 5.56 Å². The average molecular weight is 410 g/mol. The first-order chi connectivity index (χ1) is 13.7. The maximum Gasteiger partial charge on any atom is 0.378 e. The quantitative estimate of drug-likeness (QED) is 0.624. The Morgan fingerprint density at radius 2 is 1.66 bits per heavy atom. The monoisotopic (exact) mass is 410 g/mol. The number of carboxylic acids is 1. The predicted molar refractivity (Wildman–Crippen MR) is 102 cm³/mol. The Balaban J connectivity index is 1.70. The van der Waals surface area contributed by atoms with Crippen molar-refractivity contribution in [3.05, 3.63) is 29.8 Å². The largest absolute Gasteiger partial charge is 0.488 e. The summed E-state index contributed by atoms with van der Waals surface area (Å²) in [6.07, 6.45) is 5.38. The summed E-state index contributed by atoms with van der Waals surface area (Å²) in [5, 5.41) is 8.96. The summed E-state index contributed by atoms with van der Waals surface area (Å²) in [5.41, 5.74) is -0.131. The zero-order chi connectivity index (χ0) is 21.1. The molecule has 0 saturated heterocycles. The number of rotatable bonds is 7. The van der Waals surface area contributed by atoms with Gasteiger partial charge in [-0.3, -0.25) is 0 Å². The van der Waals surface area contributed by atoms with Crippen LogP contribution in [-0.4, -0.2) is 34.7 Å². The van der Waals surface area contributed by atoms with Crippen molar-refractivity contribution in [3.8, 4) is 5.75 Å². The number of carbonyl (C=O) groups excluding carboxylic acids is 1. The Labute approximate surface area is 169 Å². The molecule has 1 unspecified atom stereocenters. The van der Waals surface area contributed by atoms with E-state index in [0.717, 1.165) is 44.9 Å². The zero-order valence-electron chi connectivity index (χ0n) is 16.7. The highest BCUT2D eigenvalue weighted by molar-refractivity contribution is 5.90. The topological polar surface area (TPSA) is 72.8 Å². The molecule has 0 aromatic heterocycles. The standard InChI is InChI=1S/C22H28F2O5/c1-21(13-5-6-14-21)29-17-11-9-16(10-12-17)19(25)28-18(22(23,24)20(26)27)15-7-3-2-4-8-15/h9-12,15,18H,2-8,13-14H2,1H3,(H,26,27). The number of hydrogen-bond acceptors (Lipinski definition) is 4. The fourth-order valence-electron chi connectivity index (χ4n) is 4.38. The molecule has 7 heteroatoms. The fourth-order valence-corrected chi connectivity index (χ4v) is 4.38. The number of halogens is 2. The summed E-state index contributed by atoms with van der Waals surface area (Å²) in [7, 11) is 0. The number of carboxylic acid groups (broad SMARTS) is 1. The second-order valence-corrected chi connectivity index (χ2v) is 8.44. The van der Waals surface area contributed by atoms with Gasteiger partial charge in [-0.15, -0.1) is 0 Å². The Bertz CT molecular complexity index is 719. The Morgan fingerprint density at radius 1 is 1.07 bits per heavy atom. The normalized spacial score (nSPS) is 20.8. The molecule has 29 heavy (non-hydrogen) atoms. The van der Waals surface area contributed by atoms with Crippen LogP contribution in [0.1, 0.15) is 75.1 Å². The maximum absolute atomic E-state index is 14.3. The Morgan fingerprint density at radius 3 is 2.21 bits per heavy atom. The number of hydrogen-bond donors (Lipinski definition) is 1. The van der Waals surface area contributed by atoms with Crippen molar-refractivity contribution >= 4 is 11.9 Å². The van der Waals surface area contributed by atoms with Crippen LogP contribution in [0.5, 0.6) is 5.75 Å². The lowest BCUT2D eigenvalue weighted by atomic mass is 9.83. The van der Waals surface area contributed by atoms with Crippen LogP contribution in [0, 0.1) is 5.92 Å². The molecule has 0 amide bonds. The molecule has 0 bridgehead atoms. The predicted octanol–water partition coefficient (Wildman–Crippen LogP) is 5.22. The number of esters is 1. The molecule has 1 N–H and O–H groups in total. The number of benzene rings is 1. The van der Waals surface area contributed by atoms with Gasteiger partial charge in [0.1, 0.15) is 11.4 Å². The average Bonchev–Trinajstić information content (AvgIpc) is 3.12. The van der Waals surface area contributed by atoms with Gasteiger partial charge < -0.3 is 14.6 Å². The van der Waals surface area contributed by atoms with Crippen molar-refractivity contribution in [2.45, 2.75) is 82.3 Å². The number of ether oxygens (including phenoxy) is 2. The molecule has 2 saturated carbocycles. The van der Waals surface area contributed by atoms with E-state index in [0.29, 0.717) is 18.6 Å². The summed E-state index contributed by atoms with van der Waals surface area (Å²) in [5.74, 6) is -7.40. The first-order valence-corrected chi connectivity index (χ1v) is 10.3. The number of carbonyl (C=O) groups is 2. The second-order valence-electron chi connectivity index (χ2n) is 8.44. The van der Waals surface area contributed by atoms with Crippen LogP contribution in [0.2, 0.25) is 0 Å². The molecule has 2 fully saturated rings. The van der Waals surface area contributed by atoms with Gasteiger partial charge in [-0.25, -0.2) is 9.59 Å². The van der Waals surface area contributed by atoms with E-state index in [4.69, 9.17) is 14.6 Å². The Hall–Kier alpha value is -2.18. The molecule has 2 aliphatic carbocycles. The van der Waals surface area contributed by atoms with Crippen LogP contribution in [0.15, 0.2) is 24.3 Å². The molecule has 1 aromatic rings. The zero-order valence-corrected chi connectivity index (χ0v) is 16.7. The third kappa shape index (κ3) is 5.06. The number of aliphatic carboxylic acids is 1. The van der Waals surface area contributed by atoms with Crippen LogP contribution in [0.4, 0.5) is 8.78 Å². The van der Waals surface area contributed by atoms with Gasteiger partial charge in [-0.2, -0.15) is 8.78 Å². The molecule has 5 nitrogen and oxygen atoms in total. The van der Waals surface area contributed by atoms with Gasteiger partial charge >= 0.3 is 17.9 Å². The van der Waals surface area contributed by atoms with Crippen LogP contribution in [0.25, 0.3) is 0 Å². The van der Waals surface area contributed by atoms with Crippen molar-refractivity contribution in [2.24, 2.45) is 5.92 Å². The van der Waals surface area contributed by atoms with Crippen molar-refractivity contribution < 1.29 is 33.0 Å². The van der Waals surface area contributed by atoms with Gasteiger partial charge in [0, 0.05) is 5.92 Å². The number of alkyl halides is 2. The summed E-state index contributed by atoms with van der Waals surface area (Å²) in [4.78, 5) is 23.6. The van der Waals surface area contributed by atoms with Gasteiger partial charge in [0.15, 0.2) is 6.10 Å². The van der Waals surface area contributed by atoms with E-state index in [9.17, 15) is 18.4 Å². The molecule has 0 radical (unpaired) electrons. The van der Waals surface area contributed by atoms with Crippen molar-refractivity contribution in [1.29, 1.82) is 0 Å². The van der Waals surface area contributed by atoms with E-state index in [1.54, 1.807) is 12.1 Å². The molecule has 1 aromatic carbocycles. The van der Waals surface area contributed by atoms with Gasteiger partial charge in [-0.05, 0) is 69.7 Å². The minimum Gasteiger partial charge on any atom is -0.488 e. The molecular formula is C22H28F2O5. The highest BCUT2D eigenvalue weighted by Gasteiger charge is 2.53. The first-order valence-electron chi connectivity index (χ1n) is 10.3. The minimum atomic E-state index is -4.13. The van der Waals surface area contributed by atoms with Crippen molar-refractivity contribution in [2.75, 3.05) is 0 Å². The highest BCUT2D eigenvalue weighted by atomic mass is 19.3. The maximum atomic E-state index is 14.3. The molecule has 3 rings (SSSR count). The highest BCUT2D eigenvalue weighted by Crippen LogP contribution is 2.37. The lowest BCUT2D eigenvalue weighted by molar-refractivity contribution is -0.189. The summed E-state index contributed by atoms with van der Waals surface area (Å²) in [6, 6.07) is 6.16. The van der Waals surface area contributed by atoms with Gasteiger partial charge in [-0.1, -0.05) is 19.3 Å². The molecule has 1 atom stereocenters. The lowest BCUT2D eigenvalue weighted by Crippen LogP contribution is -2.48. The summed E-state index contributed by atoms with van der Waals surface area (Å²) < 4.78 is 39.7. The van der Waals surface area contributed by atoms with Crippen LogP contribution in [0.3, 0.4) is 0 Å². The Kier molecular flexibility index (Phi) is 6.44. The summed E-state index contributed by atoms with van der Waals surface area (Å²) >= 11 is 0. The van der Waals surface area contributed by atoms with E-state index >= 15 is 0 Å². The smallest absolute Gasteiger partial charge is 0.378 e. The van der Waals surface area contributed by atoms with Gasteiger partial charge in [0.25, 0.3) is 0 Å². The second kappa shape index (κ2) is 8.67. The minimum absolute atomic E-state index is 0.0934. The van der Waals surface area contributed by atoms with Crippen LogP contribution < -0.4 is 4.74 Å². The van der Waals surface area contributed by atoms with Crippen molar-refractivity contribution in [1.82, 2.24) is 0 Å². The third-order valence-corrected chi connectivity index (χ3v) is 6.07. The van der Waals surface area contributed by atoms with Crippen LogP contribution >= 0.6 is 0 Å². The van der Waals surface area contributed by atoms with E-state index in [-0.39, 0.29) is 11.2 Å². The molecule has 0 heterocycles. The van der Waals surface area contributed by atoms with Crippen molar-refractivity contribution in [3.63, 3.8) is 0 Å². The van der Waals surface area contributed by atoms with E-state index in [1.807, 2.05) is 6.92 Å². The fraction of sp³-hybridized carbons (Fsp3) is 0.636. The first kappa shape index (κ1) is 21.5. The van der Waals surface area contributed by atoms with Gasteiger partial charge in [0.2, 0.25) is 0 Å². The van der Waals surface area contributed by atoms with E-state index < -0.39 is 29.9 Å². The molecule has 2 aliphatic rings. The van der Waals surface area contributed by atoms with E-state index in [1.165, 1.54) is 12.1 Å². The molecule has 160 valence electrons. The third-order valence-electron chi connectivity index (χ3n) is 6.07. The summed E-state index contributed by atoms with van der Waals surface area (Å²) in [6.45, 7) is 2.05. The lowest BCUT2D eigenvalue weighted by Gasteiger charge is -2.33.